The van der Waals surface area contributed by atoms with Crippen molar-refractivity contribution in [1.82, 2.24) is 0 Å². The highest BCUT2D eigenvalue weighted by atomic mass is 32.1. The highest BCUT2D eigenvalue weighted by molar-refractivity contribution is 7.59. The number of hydrogen-bond acceptors (Lipinski definition) is 1. The van der Waals surface area contributed by atoms with Gasteiger partial charge in [-0.3, -0.25) is 4.79 Å². The van der Waals surface area contributed by atoms with Gasteiger partial charge in [-0.05, 0) is 46.5 Å². The number of benzene rings is 5. The fraction of sp³-hybridized carbons (Fsp3) is 0.0312. The molecule has 5 aromatic carbocycles. The van der Waals surface area contributed by atoms with Crippen LogP contribution in [0.25, 0.3) is 0 Å². The van der Waals surface area contributed by atoms with Crippen LogP contribution in [0.3, 0.4) is 0 Å². The largest absolute Gasteiger partial charge is 0.322 e. The third-order valence-corrected chi connectivity index (χ3v) is 6.23. The van der Waals surface area contributed by atoms with Crippen molar-refractivity contribution in [3.8, 4) is 0 Å². The van der Waals surface area contributed by atoms with E-state index in [1.54, 1.807) is 0 Å². The Bertz CT molecular complexity index is 1260. The first kappa shape index (κ1) is 24.1. The van der Waals surface area contributed by atoms with E-state index in [9.17, 15) is 4.79 Å². The van der Waals surface area contributed by atoms with Crippen molar-refractivity contribution < 1.29 is 4.79 Å². The maximum atomic E-state index is 12.6. The van der Waals surface area contributed by atoms with E-state index in [-0.39, 0.29) is 19.4 Å². The molecular weight excluding hydrogens is 446 g/mol. The first-order valence-electron chi connectivity index (χ1n) is 11.4. The second kappa shape index (κ2) is 10.9. The first-order valence-corrected chi connectivity index (χ1v) is 11.4. The van der Waals surface area contributed by atoms with Gasteiger partial charge in [0.15, 0.2) is 0 Å². The number of carbonyl (C=O) groups is 1. The molecule has 2 nitrogen and oxygen atoms in total. The van der Waals surface area contributed by atoms with E-state index in [2.05, 4.69) is 90.2 Å². The van der Waals surface area contributed by atoms with Gasteiger partial charge in [0.05, 0.1) is 5.41 Å². The lowest BCUT2D eigenvalue weighted by Gasteiger charge is -2.37. The summed E-state index contributed by atoms with van der Waals surface area (Å²) in [6.45, 7) is 0. The van der Waals surface area contributed by atoms with Gasteiger partial charge in [0, 0.05) is 11.3 Å². The molecule has 1 N–H and O–H groups in total. The smallest absolute Gasteiger partial charge is 0.255 e. The Balaban J connectivity index is 0.00000289. The lowest BCUT2D eigenvalue weighted by atomic mass is 9.65. The summed E-state index contributed by atoms with van der Waals surface area (Å²) < 4.78 is 0. The van der Waals surface area contributed by atoms with Crippen molar-refractivity contribution in [3.63, 3.8) is 0 Å². The molecule has 5 rings (SSSR count). The molecule has 0 unspecified atom stereocenters. The van der Waals surface area contributed by atoms with Crippen molar-refractivity contribution in [3.05, 3.63) is 173 Å². The van der Waals surface area contributed by atoms with E-state index < -0.39 is 5.41 Å². The van der Waals surface area contributed by atoms with E-state index in [0.29, 0.717) is 5.56 Å². The zero-order valence-electron chi connectivity index (χ0n) is 19.3. The van der Waals surface area contributed by atoms with Crippen LogP contribution in [0.4, 0.5) is 5.69 Å². The van der Waals surface area contributed by atoms with Crippen molar-refractivity contribution in [2.75, 3.05) is 5.32 Å². The minimum Gasteiger partial charge on any atom is -0.322 e. The quantitative estimate of drug-likeness (QED) is 0.255. The topological polar surface area (TPSA) is 29.1 Å². The van der Waals surface area contributed by atoms with Gasteiger partial charge >= 0.3 is 0 Å². The number of anilines is 1. The van der Waals surface area contributed by atoms with Crippen LogP contribution in [0, 0.1) is 0 Å². The van der Waals surface area contributed by atoms with Crippen molar-refractivity contribution >= 4 is 25.1 Å². The van der Waals surface area contributed by atoms with Crippen molar-refractivity contribution in [2.45, 2.75) is 5.41 Å². The van der Waals surface area contributed by atoms with Gasteiger partial charge in [-0.2, -0.15) is 13.5 Å². The molecule has 0 bridgehead atoms. The van der Waals surface area contributed by atoms with Crippen LogP contribution < -0.4 is 5.32 Å². The van der Waals surface area contributed by atoms with Crippen LogP contribution in [-0.2, 0) is 5.41 Å². The fourth-order valence-electron chi connectivity index (χ4n) is 4.66. The minimum atomic E-state index is -0.494. The summed E-state index contributed by atoms with van der Waals surface area (Å²) in [6.07, 6.45) is 0. The molecular formula is C32H27NOS. The molecule has 35 heavy (non-hydrogen) atoms. The number of hydrogen-bond donors (Lipinski definition) is 1. The summed E-state index contributed by atoms with van der Waals surface area (Å²) in [6, 6.07) is 49.3. The van der Waals surface area contributed by atoms with Gasteiger partial charge in [-0.1, -0.05) is 121 Å². The van der Waals surface area contributed by atoms with Crippen molar-refractivity contribution in [1.29, 1.82) is 0 Å². The van der Waals surface area contributed by atoms with Gasteiger partial charge in [0.25, 0.3) is 5.91 Å². The van der Waals surface area contributed by atoms with Crippen LogP contribution in [-0.4, -0.2) is 5.91 Å². The third kappa shape index (κ3) is 4.77. The first-order chi connectivity index (χ1) is 16.8. The molecule has 0 aromatic heterocycles. The van der Waals surface area contributed by atoms with Crippen molar-refractivity contribution in [2.24, 2.45) is 0 Å². The summed E-state index contributed by atoms with van der Waals surface area (Å²) >= 11 is 0. The van der Waals surface area contributed by atoms with E-state index in [1.807, 2.05) is 60.7 Å². The van der Waals surface area contributed by atoms with Crippen LogP contribution >= 0.6 is 13.5 Å². The summed E-state index contributed by atoms with van der Waals surface area (Å²) in [5, 5.41) is 3.02. The molecule has 5 aromatic rings. The van der Waals surface area contributed by atoms with Gasteiger partial charge in [0.2, 0.25) is 0 Å². The third-order valence-electron chi connectivity index (χ3n) is 6.23. The van der Waals surface area contributed by atoms with Gasteiger partial charge < -0.3 is 5.32 Å². The predicted octanol–water partition coefficient (Wildman–Crippen LogP) is 7.43. The standard InChI is InChI=1S/C32H25NO.H2S/c34-31(25-13-5-1-6-14-25)33-30-23-21-29(22-24-30)32(26-15-7-2-8-16-26,27-17-9-3-10-18-27)28-19-11-4-12-20-28;/h1-24H,(H,33,34);1H2. The Kier molecular flexibility index (Phi) is 7.49. The SMILES string of the molecule is O=C(Nc1ccc(C(c2ccccc2)(c2ccccc2)c2ccccc2)cc1)c1ccccc1.S. The van der Waals surface area contributed by atoms with E-state index in [1.165, 1.54) is 16.7 Å². The van der Waals surface area contributed by atoms with Gasteiger partial charge in [-0.25, -0.2) is 0 Å². The normalized spacial score (nSPS) is 10.7. The lowest BCUT2D eigenvalue weighted by Crippen LogP contribution is -2.31. The minimum absolute atomic E-state index is 0. The highest BCUT2D eigenvalue weighted by Crippen LogP contribution is 2.45. The lowest BCUT2D eigenvalue weighted by molar-refractivity contribution is 0.102. The Morgan fingerprint density at radius 3 is 1.20 bits per heavy atom. The Morgan fingerprint density at radius 1 is 0.457 bits per heavy atom. The van der Waals surface area contributed by atoms with Crippen LogP contribution in [0.1, 0.15) is 32.6 Å². The fourth-order valence-corrected chi connectivity index (χ4v) is 4.66. The second-order valence-corrected chi connectivity index (χ2v) is 8.25. The highest BCUT2D eigenvalue weighted by Gasteiger charge is 2.38. The number of nitrogens with one attached hydrogen (secondary N) is 1. The Labute approximate surface area is 213 Å². The zero-order chi connectivity index (χ0) is 23.2. The molecule has 0 spiro atoms. The zero-order valence-corrected chi connectivity index (χ0v) is 20.3. The van der Waals surface area contributed by atoms with Crippen LogP contribution in [0.2, 0.25) is 0 Å². The number of rotatable bonds is 6. The number of amides is 1. The summed E-state index contributed by atoms with van der Waals surface area (Å²) in [5.41, 5.74) is 5.61. The molecule has 0 aliphatic heterocycles. The summed E-state index contributed by atoms with van der Waals surface area (Å²) in [4.78, 5) is 12.6. The molecule has 0 saturated carbocycles. The van der Waals surface area contributed by atoms with E-state index in [0.717, 1.165) is 11.3 Å². The van der Waals surface area contributed by atoms with Crippen LogP contribution in [0.5, 0.6) is 0 Å². The molecule has 0 aliphatic rings. The molecule has 0 saturated heterocycles. The molecule has 0 heterocycles. The molecule has 0 aliphatic carbocycles. The molecule has 3 heteroatoms. The molecule has 1 amide bonds. The Hall–Kier alpha value is -4.08. The second-order valence-electron chi connectivity index (χ2n) is 8.25. The monoisotopic (exact) mass is 473 g/mol. The molecule has 172 valence electrons. The maximum absolute atomic E-state index is 12.6. The molecule has 0 atom stereocenters. The average Bonchev–Trinajstić information content (AvgIpc) is 2.92. The Morgan fingerprint density at radius 2 is 0.800 bits per heavy atom. The molecule has 0 radical (unpaired) electrons. The van der Waals surface area contributed by atoms with Gasteiger partial charge in [-0.15, -0.1) is 0 Å². The number of carbonyl (C=O) groups excluding carboxylic acids is 1. The average molecular weight is 474 g/mol. The predicted molar refractivity (Wildman–Crippen MR) is 150 cm³/mol. The van der Waals surface area contributed by atoms with E-state index in [4.69, 9.17) is 0 Å². The van der Waals surface area contributed by atoms with Gasteiger partial charge in [0.1, 0.15) is 0 Å². The summed E-state index contributed by atoms with van der Waals surface area (Å²) in [7, 11) is 0. The van der Waals surface area contributed by atoms with E-state index >= 15 is 0 Å². The maximum Gasteiger partial charge on any atom is 0.255 e. The summed E-state index contributed by atoms with van der Waals surface area (Å²) in [5.74, 6) is -0.117. The van der Waals surface area contributed by atoms with Crippen LogP contribution in [0.15, 0.2) is 146 Å². The molecule has 0 fully saturated rings.